The summed E-state index contributed by atoms with van der Waals surface area (Å²) in [7, 11) is 2.19. The van der Waals surface area contributed by atoms with Crippen LogP contribution in [-0.4, -0.2) is 25.0 Å². The van der Waals surface area contributed by atoms with Crippen LogP contribution >= 0.6 is 11.3 Å². The van der Waals surface area contributed by atoms with Crippen molar-refractivity contribution < 1.29 is 0 Å². The first-order chi connectivity index (χ1) is 7.52. The Hall–Kier alpha value is -0.380. The molecule has 0 saturated heterocycles. The number of hydrogen-bond donors (Lipinski definition) is 1. The highest BCUT2D eigenvalue weighted by Gasteiger charge is 2.24. The van der Waals surface area contributed by atoms with Gasteiger partial charge in [0.25, 0.3) is 0 Å². The van der Waals surface area contributed by atoms with Gasteiger partial charge in [-0.15, -0.1) is 11.3 Å². The molecule has 1 aromatic heterocycles. The number of thiophene rings is 1. The molecule has 1 rings (SSSR count). The summed E-state index contributed by atoms with van der Waals surface area (Å²) in [5.74, 6) is 0. The van der Waals surface area contributed by atoms with Gasteiger partial charge in [0, 0.05) is 17.5 Å². The molecule has 1 aromatic rings. The zero-order chi connectivity index (χ0) is 12.2. The Kier molecular flexibility index (Phi) is 4.96. The molecule has 0 amide bonds. The van der Waals surface area contributed by atoms with Gasteiger partial charge in [-0.1, -0.05) is 19.9 Å². The first-order valence-electron chi connectivity index (χ1n) is 5.96. The minimum absolute atomic E-state index is 0.236. The van der Waals surface area contributed by atoms with Gasteiger partial charge in [0.2, 0.25) is 0 Å². The van der Waals surface area contributed by atoms with Crippen LogP contribution in [0.5, 0.6) is 0 Å². The van der Waals surface area contributed by atoms with Gasteiger partial charge in [0.15, 0.2) is 0 Å². The van der Waals surface area contributed by atoms with E-state index in [2.05, 4.69) is 50.2 Å². The van der Waals surface area contributed by atoms with Crippen molar-refractivity contribution in [1.29, 1.82) is 0 Å². The highest BCUT2D eigenvalue weighted by atomic mass is 32.1. The lowest BCUT2D eigenvalue weighted by Gasteiger charge is -2.34. The predicted octanol–water partition coefficient (Wildman–Crippen LogP) is 3.12. The normalized spacial score (nSPS) is 17.4. The fourth-order valence-corrected chi connectivity index (χ4v) is 2.65. The molecule has 2 N–H and O–H groups in total. The van der Waals surface area contributed by atoms with Gasteiger partial charge in [-0.3, -0.25) is 4.90 Å². The van der Waals surface area contributed by atoms with Gasteiger partial charge in [0.1, 0.15) is 0 Å². The maximum absolute atomic E-state index is 5.86. The van der Waals surface area contributed by atoms with Crippen LogP contribution in [0.15, 0.2) is 17.5 Å². The third-order valence-corrected chi connectivity index (χ3v) is 4.64. The summed E-state index contributed by atoms with van der Waals surface area (Å²) in [5.41, 5.74) is 6.10. The monoisotopic (exact) mass is 240 g/mol. The zero-order valence-electron chi connectivity index (χ0n) is 10.9. The van der Waals surface area contributed by atoms with Crippen LogP contribution in [0.2, 0.25) is 0 Å². The lowest BCUT2D eigenvalue weighted by molar-refractivity contribution is 0.158. The van der Waals surface area contributed by atoms with Crippen molar-refractivity contribution in [1.82, 2.24) is 4.90 Å². The smallest absolute Gasteiger partial charge is 0.0410 e. The summed E-state index contributed by atoms with van der Waals surface area (Å²) in [5, 5.41) is 2.14. The minimum Gasteiger partial charge on any atom is -0.330 e. The van der Waals surface area contributed by atoms with Crippen molar-refractivity contribution in [2.24, 2.45) is 11.1 Å². The summed E-state index contributed by atoms with van der Waals surface area (Å²) in [4.78, 5) is 3.83. The zero-order valence-corrected chi connectivity index (χ0v) is 11.7. The molecule has 0 spiro atoms. The Labute approximate surface area is 103 Å². The van der Waals surface area contributed by atoms with E-state index in [4.69, 9.17) is 5.73 Å². The molecule has 0 fully saturated rings. The molecule has 0 aliphatic rings. The molecule has 0 saturated carbocycles. The van der Waals surface area contributed by atoms with Crippen molar-refractivity contribution >= 4 is 11.3 Å². The Morgan fingerprint density at radius 2 is 2.25 bits per heavy atom. The van der Waals surface area contributed by atoms with Crippen LogP contribution in [0.3, 0.4) is 0 Å². The van der Waals surface area contributed by atoms with E-state index in [1.165, 1.54) is 4.88 Å². The summed E-state index contributed by atoms with van der Waals surface area (Å²) in [6, 6.07) is 4.81. The first kappa shape index (κ1) is 13.7. The third kappa shape index (κ3) is 3.30. The number of nitrogens with zero attached hydrogens (tertiary/aromatic N) is 1. The van der Waals surface area contributed by atoms with Gasteiger partial charge in [-0.25, -0.2) is 0 Å². The lowest BCUT2D eigenvalue weighted by Crippen LogP contribution is -2.39. The summed E-state index contributed by atoms with van der Waals surface area (Å²) < 4.78 is 0. The quantitative estimate of drug-likeness (QED) is 0.828. The van der Waals surface area contributed by atoms with Crippen molar-refractivity contribution in [3.63, 3.8) is 0 Å². The van der Waals surface area contributed by atoms with Gasteiger partial charge in [-0.05, 0) is 43.8 Å². The number of hydrogen-bond acceptors (Lipinski definition) is 3. The second kappa shape index (κ2) is 5.80. The fourth-order valence-electron chi connectivity index (χ4n) is 1.81. The molecule has 16 heavy (non-hydrogen) atoms. The van der Waals surface area contributed by atoms with Crippen molar-refractivity contribution in [3.05, 3.63) is 22.4 Å². The highest BCUT2D eigenvalue weighted by Crippen LogP contribution is 2.28. The number of nitrogens with two attached hydrogens (primary N) is 1. The van der Waals surface area contributed by atoms with Crippen molar-refractivity contribution in [3.8, 4) is 0 Å². The van der Waals surface area contributed by atoms with E-state index in [1.807, 2.05) is 11.3 Å². The van der Waals surface area contributed by atoms with Crippen LogP contribution in [0.25, 0.3) is 0 Å². The highest BCUT2D eigenvalue weighted by molar-refractivity contribution is 7.10. The average Bonchev–Trinajstić information content (AvgIpc) is 2.81. The van der Waals surface area contributed by atoms with Crippen LogP contribution in [0.1, 0.15) is 38.1 Å². The molecular weight excluding hydrogens is 216 g/mol. The van der Waals surface area contributed by atoms with Crippen molar-refractivity contribution in [2.75, 3.05) is 20.1 Å². The molecular formula is C13H24N2S. The predicted molar refractivity (Wildman–Crippen MR) is 72.8 cm³/mol. The Morgan fingerprint density at radius 1 is 1.56 bits per heavy atom. The van der Waals surface area contributed by atoms with E-state index in [0.717, 1.165) is 19.5 Å². The van der Waals surface area contributed by atoms with Crippen LogP contribution < -0.4 is 5.73 Å². The molecule has 0 aromatic carbocycles. The topological polar surface area (TPSA) is 29.3 Å². The molecule has 2 unspecified atom stereocenters. The van der Waals surface area contributed by atoms with E-state index in [0.29, 0.717) is 6.04 Å². The molecule has 0 aliphatic carbocycles. The van der Waals surface area contributed by atoms with Gasteiger partial charge >= 0.3 is 0 Å². The minimum atomic E-state index is 0.236. The second-order valence-electron chi connectivity index (χ2n) is 4.97. The standard InChI is InChI=1S/C13H24N2S/c1-5-13(3,9-14)10-15(4)11(2)12-7-6-8-16-12/h6-8,11H,5,9-10,14H2,1-4H3. The van der Waals surface area contributed by atoms with Crippen LogP contribution in [0, 0.1) is 5.41 Å². The SMILES string of the molecule is CCC(C)(CN)CN(C)C(C)c1cccs1. The van der Waals surface area contributed by atoms with E-state index in [-0.39, 0.29) is 5.41 Å². The van der Waals surface area contributed by atoms with E-state index >= 15 is 0 Å². The second-order valence-corrected chi connectivity index (χ2v) is 5.95. The molecule has 1 heterocycles. The lowest BCUT2D eigenvalue weighted by atomic mass is 9.87. The summed E-state index contributed by atoms with van der Waals surface area (Å²) >= 11 is 1.83. The molecule has 0 radical (unpaired) electrons. The third-order valence-electron chi connectivity index (χ3n) is 3.59. The van der Waals surface area contributed by atoms with Gasteiger partial charge in [-0.2, -0.15) is 0 Å². The molecule has 2 atom stereocenters. The summed E-state index contributed by atoms with van der Waals surface area (Å²) in [6.07, 6.45) is 1.13. The largest absolute Gasteiger partial charge is 0.330 e. The maximum Gasteiger partial charge on any atom is 0.0410 e. The van der Waals surface area contributed by atoms with Gasteiger partial charge in [0.05, 0.1) is 0 Å². The molecule has 0 aliphatic heterocycles. The van der Waals surface area contributed by atoms with Crippen LogP contribution in [-0.2, 0) is 0 Å². The Bertz CT molecular complexity index is 291. The van der Waals surface area contributed by atoms with Crippen molar-refractivity contribution in [2.45, 2.75) is 33.2 Å². The summed E-state index contributed by atoms with van der Waals surface area (Å²) in [6.45, 7) is 8.56. The maximum atomic E-state index is 5.86. The molecule has 92 valence electrons. The Balaban J connectivity index is 2.61. The number of rotatable bonds is 6. The first-order valence-corrected chi connectivity index (χ1v) is 6.84. The van der Waals surface area contributed by atoms with E-state index in [1.54, 1.807) is 0 Å². The average molecular weight is 240 g/mol. The molecule has 0 bridgehead atoms. The van der Waals surface area contributed by atoms with Crippen LogP contribution in [0.4, 0.5) is 0 Å². The Morgan fingerprint density at radius 3 is 2.69 bits per heavy atom. The van der Waals surface area contributed by atoms with Gasteiger partial charge < -0.3 is 5.73 Å². The molecule has 2 nitrogen and oxygen atoms in total. The van der Waals surface area contributed by atoms with E-state index in [9.17, 15) is 0 Å². The van der Waals surface area contributed by atoms with E-state index < -0.39 is 0 Å². The molecule has 3 heteroatoms. The fraction of sp³-hybridized carbons (Fsp3) is 0.692.